The molecule has 3 aromatic rings. The summed E-state index contributed by atoms with van der Waals surface area (Å²) in [5.41, 5.74) is 1.89. The number of rotatable bonds is 10. The third-order valence-corrected chi connectivity index (χ3v) is 6.95. The van der Waals surface area contributed by atoms with Crippen LogP contribution in [0.5, 0.6) is 11.5 Å². The SMILES string of the molecule is CCN(Cc1ccc(OC)c(OC)c1)C(=O)CSc1nc(CN2CCOCC2)nc2ccccc12. The van der Waals surface area contributed by atoms with Gasteiger partial charge in [-0.2, -0.15) is 0 Å². The fraction of sp³-hybridized carbons (Fsp3) is 0.423. The Balaban J connectivity index is 1.46. The normalized spacial score (nSPS) is 14.1. The first-order chi connectivity index (χ1) is 17.1. The van der Waals surface area contributed by atoms with Crippen molar-refractivity contribution in [1.29, 1.82) is 0 Å². The molecule has 0 spiro atoms. The lowest BCUT2D eigenvalue weighted by Crippen LogP contribution is -2.36. The number of thioether (sulfide) groups is 1. The maximum absolute atomic E-state index is 13.2. The molecule has 0 aliphatic carbocycles. The topological polar surface area (TPSA) is 77.0 Å². The van der Waals surface area contributed by atoms with Crippen molar-refractivity contribution in [2.24, 2.45) is 0 Å². The molecule has 0 atom stereocenters. The van der Waals surface area contributed by atoms with Gasteiger partial charge in [-0.15, -0.1) is 0 Å². The predicted molar refractivity (Wildman–Crippen MR) is 137 cm³/mol. The number of benzene rings is 2. The average Bonchev–Trinajstić information content (AvgIpc) is 2.90. The van der Waals surface area contributed by atoms with Crippen molar-refractivity contribution in [2.75, 3.05) is 52.8 Å². The first-order valence-electron chi connectivity index (χ1n) is 11.8. The van der Waals surface area contributed by atoms with E-state index >= 15 is 0 Å². The Kier molecular flexibility index (Phi) is 8.79. The van der Waals surface area contributed by atoms with E-state index in [2.05, 4.69) is 4.90 Å². The van der Waals surface area contributed by atoms with Crippen molar-refractivity contribution in [1.82, 2.24) is 19.8 Å². The number of hydrogen-bond donors (Lipinski definition) is 0. The van der Waals surface area contributed by atoms with Crippen molar-refractivity contribution in [2.45, 2.75) is 25.0 Å². The molecule has 1 amide bonds. The number of amides is 1. The number of fused-ring (bicyclic) bond motifs is 1. The molecule has 1 aliphatic rings. The van der Waals surface area contributed by atoms with Gasteiger partial charge in [-0.3, -0.25) is 9.69 Å². The molecule has 0 bridgehead atoms. The summed E-state index contributed by atoms with van der Waals surface area (Å²) in [4.78, 5) is 26.9. The summed E-state index contributed by atoms with van der Waals surface area (Å²) in [7, 11) is 3.22. The van der Waals surface area contributed by atoms with Gasteiger partial charge >= 0.3 is 0 Å². The number of methoxy groups -OCH3 is 2. The van der Waals surface area contributed by atoms with Crippen LogP contribution >= 0.6 is 11.8 Å². The molecule has 1 fully saturated rings. The van der Waals surface area contributed by atoms with Gasteiger partial charge in [0, 0.05) is 31.6 Å². The number of morpholine rings is 1. The molecule has 4 rings (SSSR count). The first-order valence-corrected chi connectivity index (χ1v) is 12.8. The molecule has 0 N–H and O–H groups in total. The van der Waals surface area contributed by atoms with Crippen LogP contribution in [-0.4, -0.2) is 78.5 Å². The number of para-hydroxylation sites is 1. The third kappa shape index (κ3) is 6.42. The van der Waals surface area contributed by atoms with E-state index in [0.717, 1.165) is 53.6 Å². The van der Waals surface area contributed by atoms with Crippen molar-refractivity contribution >= 4 is 28.6 Å². The largest absolute Gasteiger partial charge is 0.493 e. The first kappa shape index (κ1) is 25.2. The van der Waals surface area contributed by atoms with Gasteiger partial charge in [-0.1, -0.05) is 36.0 Å². The summed E-state index contributed by atoms with van der Waals surface area (Å²) < 4.78 is 16.2. The van der Waals surface area contributed by atoms with Crippen LogP contribution in [0.1, 0.15) is 18.3 Å². The van der Waals surface area contributed by atoms with Crippen LogP contribution < -0.4 is 9.47 Å². The highest BCUT2D eigenvalue weighted by atomic mass is 32.2. The predicted octanol–water partition coefficient (Wildman–Crippen LogP) is 3.62. The highest BCUT2D eigenvalue weighted by molar-refractivity contribution is 8.00. The number of nitrogens with zero attached hydrogens (tertiary/aromatic N) is 4. The standard InChI is InChI=1S/C26H32N4O4S/c1-4-30(16-19-9-10-22(32-2)23(15-19)33-3)25(31)18-35-26-20-7-5-6-8-21(20)27-24(28-26)17-29-11-13-34-14-12-29/h5-10,15H,4,11-14,16-18H2,1-3H3. The van der Waals surface area contributed by atoms with Gasteiger partial charge in [0.15, 0.2) is 11.5 Å². The van der Waals surface area contributed by atoms with Crippen LogP contribution in [0, 0.1) is 0 Å². The Morgan fingerprint density at radius 2 is 1.86 bits per heavy atom. The van der Waals surface area contributed by atoms with Crippen molar-refractivity contribution in [3.8, 4) is 11.5 Å². The molecule has 186 valence electrons. The van der Waals surface area contributed by atoms with E-state index in [1.165, 1.54) is 11.8 Å². The van der Waals surface area contributed by atoms with Crippen molar-refractivity contribution < 1.29 is 19.0 Å². The molecule has 35 heavy (non-hydrogen) atoms. The molecule has 0 radical (unpaired) electrons. The monoisotopic (exact) mass is 496 g/mol. The van der Waals surface area contributed by atoms with Crippen molar-refractivity contribution in [3.05, 3.63) is 53.9 Å². The van der Waals surface area contributed by atoms with E-state index in [4.69, 9.17) is 24.2 Å². The quantitative estimate of drug-likeness (QED) is 0.311. The van der Waals surface area contributed by atoms with Crippen LogP contribution in [0.3, 0.4) is 0 Å². The molecular formula is C26H32N4O4S. The smallest absolute Gasteiger partial charge is 0.233 e. The van der Waals surface area contributed by atoms with E-state index in [0.29, 0.717) is 36.9 Å². The molecule has 1 aromatic heterocycles. The van der Waals surface area contributed by atoms with Crippen molar-refractivity contribution in [3.63, 3.8) is 0 Å². The third-order valence-electron chi connectivity index (χ3n) is 5.97. The molecule has 8 nitrogen and oxygen atoms in total. The van der Waals surface area contributed by atoms with E-state index in [-0.39, 0.29) is 5.91 Å². The lowest BCUT2D eigenvalue weighted by atomic mass is 10.2. The Bertz CT molecular complexity index is 1150. The zero-order valence-electron chi connectivity index (χ0n) is 20.5. The van der Waals surface area contributed by atoms with Gasteiger partial charge in [-0.25, -0.2) is 9.97 Å². The van der Waals surface area contributed by atoms with E-state index < -0.39 is 0 Å². The number of carbonyl (C=O) groups is 1. The van der Waals surface area contributed by atoms with Gasteiger partial charge < -0.3 is 19.1 Å². The van der Waals surface area contributed by atoms with Crippen LogP contribution in [0.2, 0.25) is 0 Å². The Morgan fingerprint density at radius 1 is 1.09 bits per heavy atom. The summed E-state index contributed by atoms with van der Waals surface area (Å²) in [5.74, 6) is 2.47. The zero-order valence-corrected chi connectivity index (χ0v) is 21.3. The number of hydrogen-bond acceptors (Lipinski definition) is 8. The summed E-state index contributed by atoms with van der Waals surface area (Å²) in [6.07, 6.45) is 0. The summed E-state index contributed by atoms with van der Waals surface area (Å²) in [6.45, 7) is 6.99. The van der Waals surface area contributed by atoms with E-state index in [1.807, 2.05) is 54.3 Å². The second kappa shape index (κ2) is 12.2. The summed E-state index contributed by atoms with van der Waals surface area (Å²) >= 11 is 1.47. The fourth-order valence-corrected chi connectivity index (χ4v) is 4.97. The maximum atomic E-state index is 13.2. The Labute approximate surface area is 210 Å². The minimum absolute atomic E-state index is 0.0599. The number of carbonyl (C=O) groups excluding carboxylic acids is 1. The molecule has 2 aromatic carbocycles. The lowest BCUT2D eigenvalue weighted by Gasteiger charge is -2.26. The highest BCUT2D eigenvalue weighted by Gasteiger charge is 2.18. The minimum atomic E-state index is 0.0599. The second-order valence-electron chi connectivity index (χ2n) is 8.24. The Hall–Kier alpha value is -2.88. The van der Waals surface area contributed by atoms with Crippen LogP contribution in [0.25, 0.3) is 10.9 Å². The van der Waals surface area contributed by atoms with E-state index in [1.54, 1.807) is 14.2 Å². The molecule has 1 aliphatic heterocycles. The zero-order chi connectivity index (χ0) is 24.6. The van der Waals surface area contributed by atoms with Gasteiger partial charge in [0.25, 0.3) is 0 Å². The second-order valence-corrected chi connectivity index (χ2v) is 9.20. The average molecular weight is 497 g/mol. The summed E-state index contributed by atoms with van der Waals surface area (Å²) in [6, 6.07) is 13.7. The highest BCUT2D eigenvalue weighted by Crippen LogP contribution is 2.29. The molecule has 2 heterocycles. The number of ether oxygens (including phenoxy) is 3. The fourth-order valence-electron chi connectivity index (χ4n) is 4.03. The lowest BCUT2D eigenvalue weighted by molar-refractivity contribution is -0.128. The molecular weight excluding hydrogens is 464 g/mol. The van der Waals surface area contributed by atoms with Gasteiger partial charge in [-0.05, 0) is 30.7 Å². The van der Waals surface area contributed by atoms with Crippen LogP contribution in [0.4, 0.5) is 0 Å². The maximum Gasteiger partial charge on any atom is 0.233 e. The molecule has 0 saturated carbocycles. The van der Waals surface area contributed by atoms with Crippen LogP contribution in [-0.2, 0) is 22.6 Å². The number of aromatic nitrogens is 2. The Morgan fingerprint density at radius 3 is 2.60 bits per heavy atom. The summed E-state index contributed by atoms with van der Waals surface area (Å²) in [5, 5.41) is 1.81. The van der Waals surface area contributed by atoms with E-state index in [9.17, 15) is 4.79 Å². The molecule has 9 heteroatoms. The van der Waals surface area contributed by atoms with Gasteiger partial charge in [0.1, 0.15) is 10.9 Å². The van der Waals surface area contributed by atoms with Crippen LogP contribution in [0.15, 0.2) is 47.5 Å². The molecule has 1 saturated heterocycles. The minimum Gasteiger partial charge on any atom is -0.493 e. The van der Waals surface area contributed by atoms with Gasteiger partial charge in [0.2, 0.25) is 5.91 Å². The van der Waals surface area contributed by atoms with Gasteiger partial charge in [0.05, 0.1) is 45.2 Å². The molecule has 0 unspecified atom stereocenters.